The molecule has 3 rings (SSSR count). The van der Waals surface area contributed by atoms with Gasteiger partial charge in [0.15, 0.2) is 0 Å². The number of ether oxygens (including phenoxy) is 1. The molecule has 1 aliphatic heterocycles. The van der Waals surface area contributed by atoms with Crippen LogP contribution in [0.2, 0.25) is 0 Å². The second-order valence-corrected chi connectivity index (χ2v) is 6.31. The van der Waals surface area contributed by atoms with Gasteiger partial charge in [0.2, 0.25) is 0 Å². The van der Waals surface area contributed by atoms with E-state index in [0.717, 1.165) is 22.4 Å². The van der Waals surface area contributed by atoms with E-state index in [1.54, 1.807) is 0 Å². The first kappa shape index (κ1) is 15.6. The van der Waals surface area contributed by atoms with Gasteiger partial charge in [-0.2, -0.15) is 0 Å². The molecule has 118 valence electrons. The lowest BCUT2D eigenvalue weighted by Gasteiger charge is -2.13. The second kappa shape index (κ2) is 7.33. The summed E-state index contributed by atoms with van der Waals surface area (Å²) in [5.41, 5.74) is 3.21. The van der Waals surface area contributed by atoms with Crippen LogP contribution in [-0.2, 0) is 16.1 Å². The smallest absolute Gasteiger partial charge is 0.326 e. The molecule has 1 heterocycles. The topological polar surface area (TPSA) is 46.6 Å². The lowest BCUT2D eigenvalue weighted by atomic mass is 10.0. The van der Waals surface area contributed by atoms with Gasteiger partial charge in [-0.25, -0.2) is 0 Å². The largest absolute Gasteiger partial charge is 0.459 e. The van der Waals surface area contributed by atoms with E-state index in [0.29, 0.717) is 6.54 Å². The Hall–Kier alpha value is -2.27. The Morgan fingerprint density at radius 2 is 1.74 bits per heavy atom. The van der Waals surface area contributed by atoms with Gasteiger partial charge in [-0.1, -0.05) is 66.4 Å². The van der Waals surface area contributed by atoms with Gasteiger partial charge in [0.25, 0.3) is 5.24 Å². The quantitative estimate of drug-likeness (QED) is 0.788. The third kappa shape index (κ3) is 4.13. The molecule has 0 aliphatic carbocycles. The Morgan fingerprint density at radius 3 is 2.39 bits per heavy atom. The number of hydrogen-bond donors (Lipinski definition) is 0. The van der Waals surface area contributed by atoms with Crippen LogP contribution in [0.3, 0.4) is 0 Å². The van der Waals surface area contributed by atoms with E-state index in [1.807, 2.05) is 42.5 Å². The van der Waals surface area contributed by atoms with E-state index >= 15 is 0 Å². The van der Waals surface area contributed by atoms with Crippen LogP contribution in [0.4, 0.5) is 4.79 Å². The molecule has 0 atom stereocenters. The summed E-state index contributed by atoms with van der Waals surface area (Å²) >= 11 is 1.24. The number of carbonyl (C=O) groups excluding carboxylic acids is 2. The SMILES string of the molecule is O=C(CN1CCSC1=O)OCc1ccc(-c2ccccc2)cc1. The van der Waals surface area contributed by atoms with Gasteiger partial charge in [-0.15, -0.1) is 0 Å². The average molecular weight is 327 g/mol. The predicted octanol–water partition coefficient (Wildman–Crippen LogP) is 3.57. The Morgan fingerprint density at radius 1 is 1.04 bits per heavy atom. The standard InChI is InChI=1S/C18H17NO3S/c20-17(12-19-10-11-23-18(19)21)22-13-14-6-8-16(9-7-14)15-4-2-1-3-5-15/h1-9H,10-13H2. The molecule has 2 aromatic carbocycles. The van der Waals surface area contributed by atoms with Crippen molar-refractivity contribution in [2.45, 2.75) is 6.61 Å². The normalized spacial score (nSPS) is 14.1. The highest BCUT2D eigenvalue weighted by Gasteiger charge is 2.23. The zero-order valence-electron chi connectivity index (χ0n) is 12.6. The van der Waals surface area contributed by atoms with Crippen LogP contribution in [0.15, 0.2) is 54.6 Å². The van der Waals surface area contributed by atoms with Crippen molar-refractivity contribution in [3.8, 4) is 11.1 Å². The predicted molar refractivity (Wildman–Crippen MR) is 91.1 cm³/mol. The van der Waals surface area contributed by atoms with Gasteiger partial charge in [-0.3, -0.25) is 9.59 Å². The molecule has 5 heteroatoms. The molecule has 0 aromatic heterocycles. The number of carbonyl (C=O) groups is 2. The van der Waals surface area contributed by atoms with Gasteiger partial charge in [-0.05, 0) is 16.7 Å². The summed E-state index contributed by atoms with van der Waals surface area (Å²) in [4.78, 5) is 24.7. The van der Waals surface area contributed by atoms with Crippen LogP contribution >= 0.6 is 11.8 Å². The highest BCUT2D eigenvalue weighted by atomic mass is 32.2. The maximum atomic E-state index is 11.8. The molecule has 1 fully saturated rings. The van der Waals surface area contributed by atoms with Gasteiger partial charge in [0.05, 0.1) is 0 Å². The molecular weight excluding hydrogens is 310 g/mol. The maximum Gasteiger partial charge on any atom is 0.326 e. The molecule has 1 saturated heterocycles. The van der Waals surface area contributed by atoms with E-state index in [4.69, 9.17) is 4.74 Å². The second-order valence-electron chi connectivity index (χ2n) is 5.26. The van der Waals surface area contributed by atoms with E-state index < -0.39 is 0 Å². The summed E-state index contributed by atoms with van der Waals surface area (Å²) in [6.07, 6.45) is 0. The van der Waals surface area contributed by atoms with Crippen molar-refractivity contribution in [1.29, 1.82) is 0 Å². The Balaban J connectivity index is 1.52. The summed E-state index contributed by atoms with van der Waals surface area (Å²) in [5, 5.41) is -0.0471. The summed E-state index contributed by atoms with van der Waals surface area (Å²) in [5.74, 6) is 0.376. The van der Waals surface area contributed by atoms with Gasteiger partial charge in [0, 0.05) is 12.3 Å². The molecule has 1 amide bonds. The summed E-state index contributed by atoms with van der Waals surface area (Å²) in [6, 6.07) is 18.0. The zero-order chi connectivity index (χ0) is 16.1. The van der Waals surface area contributed by atoms with Crippen LogP contribution in [0.5, 0.6) is 0 Å². The molecule has 0 spiro atoms. The van der Waals surface area contributed by atoms with Crippen molar-refractivity contribution < 1.29 is 14.3 Å². The first-order valence-corrected chi connectivity index (χ1v) is 8.42. The minimum absolute atomic E-state index is 0.0356. The lowest BCUT2D eigenvalue weighted by molar-refractivity contribution is -0.145. The summed E-state index contributed by atoms with van der Waals surface area (Å²) < 4.78 is 5.24. The fourth-order valence-electron chi connectivity index (χ4n) is 2.36. The number of amides is 1. The zero-order valence-corrected chi connectivity index (χ0v) is 13.4. The minimum Gasteiger partial charge on any atom is -0.459 e. The molecule has 23 heavy (non-hydrogen) atoms. The Kier molecular flexibility index (Phi) is 4.98. The maximum absolute atomic E-state index is 11.8. The minimum atomic E-state index is -0.368. The Labute approximate surface area is 139 Å². The van der Waals surface area contributed by atoms with Crippen molar-refractivity contribution in [2.75, 3.05) is 18.8 Å². The number of thioether (sulfide) groups is 1. The monoisotopic (exact) mass is 327 g/mol. The Bertz CT molecular complexity index is 685. The van der Waals surface area contributed by atoms with Crippen LogP contribution in [-0.4, -0.2) is 35.0 Å². The van der Waals surface area contributed by atoms with Crippen LogP contribution in [0, 0.1) is 0 Å². The third-order valence-corrected chi connectivity index (χ3v) is 4.52. The molecule has 4 nitrogen and oxygen atoms in total. The molecule has 0 saturated carbocycles. The van der Waals surface area contributed by atoms with Crippen molar-refractivity contribution >= 4 is 23.0 Å². The van der Waals surface area contributed by atoms with Crippen molar-refractivity contribution in [3.63, 3.8) is 0 Å². The lowest BCUT2D eigenvalue weighted by Crippen LogP contribution is -2.30. The van der Waals surface area contributed by atoms with Crippen molar-refractivity contribution in [3.05, 3.63) is 60.2 Å². The molecule has 0 bridgehead atoms. The highest BCUT2D eigenvalue weighted by molar-refractivity contribution is 8.13. The fraction of sp³-hybridized carbons (Fsp3) is 0.222. The van der Waals surface area contributed by atoms with E-state index in [-0.39, 0.29) is 24.4 Å². The van der Waals surface area contributed by atoms with Gasteiger partial charge in [0.1, 0.15) is 13.2 Å². The van der Waals surface area contributed by atoms with Gasteiger partial charge >= 0.3 is 5.97 Å². The third-order valence-electron chi connectivity index (χ3n) is 3.63. The molecule has 0 unspecified atom stereocenters. The van der Waals surface area contributed by atoms with E-state index in [9.17, 15) is 9.59 Å². The summed E-state index contributed by atoms with van der Waals surface area (Å²) in [7, 11) is 0. The van der Waals surface area contributed by atoms with E-state index in [1.165, 1.54) is 16.7 Å². The number of nitrogens with zero attached hydrogens (tertiary/aromatic N) is 1. The summed E-state index contributed by atoms with van der Waals surface area (Å²) in [6.45, 7) is 0.876. The number of hydrogen-bond acceptors (Lipinski definition) is 4. The molecule has 2 aromatic rings. The van der Waals surface area contributed by atoms with Crippen molar-refractivity contribution in [1.82, 2.24) is 4.90 Å². The number of benzene rings is 2. The highest BCUT2D eigenvalue weighted by Crippen LogP contribution is 2.20. The average Bonchev–Trinajstić information content (AvgIpc) is 2.99. The molecule has 1 aliphatic rings. The van der Waals surface area contributed by atoms with Crippen LogP contribution in [0.25, 0.3) is 11.1 Å². The van der Waals surface area contributed by atoms with Crippen LogP contribution in [0.1, 0.15) is 5.56 Å². The number of esters is 1. The van der Waals surface area contributed by atoms with Crippen LogP contribution < -0.4 is 0 Å². The first-order chi connectivity index (χ1) is 11.2. The van der Waals surface area contributed by atoms with E-state index in [2.05, 4.69) is 12.1 Å². The molecule has 0 N–H and O–H groups in total. The van der Waals surface area contributed by atoms with Crippen molar-refractivity contribution in [2.24, 2.45) is 0 Å². The number of rotatable bonds is 5. The van der Waals surface area contributed by atoms with Gasteiger partial charge < -0.3 is 9.64 Å². The molecule has 0 radical (unpaired) electrons. The fourth-order valence-corrected chi connectivity index (χ4v) is 3.18. The first-order valence-electron chi connectivity index (χ1n) is 7.44. The molecular formula is C18H17NO3S.